The summed E-state index contributed by atoms with van der Waals surface area (Å²) in [5.41, 5.74) is 0.296. The van der Waals surface area contributed by atoms with E-state index < -0.39 is 23.4 Å². The highest BCUT2D eigenvalue weighted by Gasteiger charge is 2.11. The van der Waals surface area contributed by atoms with Crippen LogP contribution in [0.2, 0.25) is 0 Å². The maximum absolute atomic E-state index is 13.5. The molecule has 2 aromatic rings. The molecule has 1 amide bonds. The van der Waals surface area contributed by atoms with Crippen LogP contribution in [-0.4, -0.2) is 12.5 Å². The van der Waals surface area contributed by atoms with Crippen LogP contribution in [0.4, 0.5) is 13.2 Å². The lowest BCUT2D eigenvalue weighted by Gasteiger charge is -2.07. The van der Waals surface area contributed by atoms with E-state index in [1.807, 2.05) is 0 Å². The van der Waals surface area contributed by atoms with Crippen molar-refractivity contribution in [2.75, 3.05) is 6.54 Å². The van der Waals surface area contributed by atoms with E-state index in [9.17, 15) is 18.0 Å². The van der Waals surface area contributed by atoms with Gasteiger partial charge in [-0.2, -0.15) is 0 Å². The second-order valence-electron chi connectivity index (χ2n) is 4.45. The average Bonchev–Trinajstić information content (AvgIpc) is 2.40. The molecule has 0 saturated heterocycles. The maximum Gasteiger partial charge on any atom is 0.254 e. The molecular formula is C15H12F3NOS. The molecule has 0 aliphatic carbocycles. The summed E-state index contributed by atoms with van der Waals surface area (Å²) < 4.78 is 39.5. The smallest absolute Gasteiger partial charge is 0.254 e. The van der Waals surface area contributed by atoms with E-state index in [4.69, 9.17) is 0 Å². The lowest BCUT2D eigenvalue weighted by Crippen LogP contribution is -2.26. The fourth-order valence-electron chi connectivity index (χ4n) is 1.86. The molecule has 0 unspecified atom stereocenters. The molecule has 21 heavy (non-hydrogen) atoms. The van der Waals surface area contributed by atoms with Crippen LogP contribution in [0.1, 0.15) is 15.9 Å². The number of rotatable bonds is 4. The summed E-state index contributed by atoms with van der Waals surface area (Å²) in [6, 6.07) is 7.05. The zero-order chi connectivity index (χ0) is 15.4. The van der Waals surface area contributed by atoms with Crippen molar-refractivity contribution in [3.05, 3.63) is 65.0 Å². The highest BCUT2D eigenvalue weighted by Crippen LogP contribution is 2.13. The number of carbonyl (C=O) groups is 1. The van der Waals surface area contributed by atoms with Crippen LogP contribution in [0, 0.1) is 17.5 Å². The molecule has 2 rings (SSSR count). The summed E-state index contributed by atoms with van der Waals surface area (Å²) >= 11 is 4.04. The number of carbonyl (C=O) groups excluding carboxylic acids is 1. The second-order valence-corrected chi connectivity index (χ2v) is 4.96. The number of benzene rings is 2. The SMILES string of the molecule is O=C(NCCc1cc(F)cc(F)c1)c1cc(S)ccc1F. The Morgan fingerprint density at radius 3 is 2.38 bits per heavy atom. The fourth-order valence-corrected chi connectivity index (χ4v) is 2.06. The number of thiol groups is 1. The molecule has 0 heterocycles. The van der Waals surface area contributed by atoms with Crippen molar-refractivity contribution < 1.29 is 18.0 Å². The lowest BCUT2D eigenvalue weighted by atomic mass is 10.1. The molecule has 110 valence electrons. The molecule has 1 N–H and O–H groups in total. The van der Waals surface area contributed by atoms with Gasteiger partial charge in [0.05, 0.1) is 5.56 Å². The van der Waals surface area contributed by atoms with Crippen LogP contribution in [0.25, 0.3) is 0 Å². The number of halogens is 3. The van der Waals surface area contributed by atoms with E-state index in [1.165, 1.54) is 24.3 Å². The van der Waals surface area contributed by atoms with Gasteiger partial charge in [0.1, 0.15) is 17.5 Å². The van der Waals surface area contributed by atoms with Crippen molar-refractivity contribution in [1.29, 1.82) is 0 Å². The molecule has 2 nitrogen and oxygen atoms in total. The van der Waals surface area contributed by atoms with E-state index in [2.05, 4.69) is 17.9 Å². The Labute approximate surface area is 125 Å². The summed E-state index contributed by atoms with van der Waals surface area (Å²) in [6.07, 6.45) is 0.239. The molecule has 0 aliphatic rings. The Hall–Kier alpha value is -1.95. The fraction of sp³-hybridized carbons (Fsp3) is 0.133. The number of nitrogens with one attached hydrogen (secondary N) is 1. The minimum absolute atomic E-state index is 0.118. The summed E-state index contributed by atoms with van der Waals surface area (Å²) in [7, 11) is 0. The zero-order valence-corrected chi connectivity index (χ0v) is 11.8. The predicted octanol–water partition coefficient (Wildman–Crippen LogP) is 3.37. The van der Waals surface area contributed by atoms with Gasteiger partial charge in [-0.05, 0) is 42.3 Å². The van der Waals surface area contributed by atoms with Gasteiger partial charge in [-0.15, -0.1) is 12.6 Å². The molecule has 6 heteroatoms. The van der Waals surface area contributed by atoms with Gasteiger partial charge in [0.2, 0.25) is 0 Å². The Kier molecular flexibility index (Phi) is 4.90. The molecule has 0 aromatic heterocycles. The third-order valence-corrected chi connectivity index (χ3v) is 3.09. The largest absolute Gasteiger partial charge is 0.352 e. The highest BCUT2D eigenvalue weighted by molar-refractivity contribution is 7.80. The number of hydrogen-bond donors (Lipinski definition) is 2. The molecule has 0 fully saturated rings. The molecular weight excluding hydrogens is 299 g/mol. The molecule has 0 radical (unpaired) electrons. The number of hydrogen-bond acceptors (Lipinski definition) is 2. The Morgan fingerprint density at radius 1 is 1.05 bits per heavy atom. The molecule has 2 aromatic carbocycles. The minimum atomic E-state index is -0.676. The topological polar surface area (TPSA) is 29.1 Å². The minimum Gasteiger partial charge on any atom is -0.352 e. The molecule has 0 spiro atoms. The van der Waals surface area contributed by atoms with Gasteiger partial charge in [-0.1, -0.05) is 0 Å². The first-order valence-electron chi connectivity index (χ1n) is 6.17. The summed E-state index contributed by atoms with van der Waals surface area (Å²) in [4.78, 5) is 12.3. The first-order valence-corrected chi connectivity index (χ1v) is 6.62. The lowest BCUT2D eigenvalue weighted by molar-refractivity contribution is 0.0950. The quantitative estimate of drug-likeness (QED) is 0.833. The van der Waals surface area contributed by atoms with E-state index in [1.54, 1.807) is 0 Å². The van der Waals surface area contributed by atoms with Crippen LogP contribution < -0.4 is 5.32 Å². The standard InChI is InChI=1S/C15H12F3NOS/c16-10-5-9(6-11(17)7-10)3-4-19-15(20)13-8-12(21)1-2-14(13)18/h1-2,5-8,21H,3-4H2,(H,19,20). The first kappa shape index (κ1) is 15.4. The van der Waals surface area contributed by atoms with Crippen molar-refractivity contribution in [1.82, 2.24) is 5.32 Å². The summed E-state index contributed by atoms with van der Waals surface area (Å²) in [5.74, 6) is -2.60. The normalized spacial score (nSPS) is 10.5. The van der Waals surface area contributed by atoms with Crippen molar-refractivity contribution in [3.8, 4) is 0 Å². The highest BCUT2D eigenvalue weighted by atomic mass is 32.1. The van der Waals surface area contributed by atoms with Crippen molar-refractivity contribution in [2.24, 2.45) is 0 Å². The third-order valence-electron chi connectivity index (χ3n) is 2.82. The van der Waals surface area contributed by atoms with Gasteiger partial charge >= 0.3 is 0 Å². The van der Waals surface area contributed by atoms with E-state index in [0.717, 1.165) is 12.1 Å². The molecule has 0 atom stereocenters. The number of amides is 1. The predicted molar refractivity (Wildman–Crippen MR) is 76.0 cm³/mol. The molecule has 0 bridgehead atoms. The molecule has 0 aliphatic heterocycles. The Bertz CT molecular complexity index is 656. The van der Waals surface area contributed by atoms with E-state index >= 15 is 0 Å². The van der Waals surface area contributed by atoms with E-state index in [0.29, 0.717) is 10.5 Å². The first-order chi connectivity index (χ1) is 9.95. The van der Waals surface area contributed by atoms with Crippen LogP contribution in [0.5, 0.6) is 0 Å². The third kappa shape index (κ3) is 4.26. The Balaban J connectivity index is 1.96. The van der Waals surface area contributed by atoms with Crippen molar-refractivity contribution in [2.45, 2.75) is 11.3 Å². The van der Waals surface area contributed by atoms with Gasteiger partial charge < -0.3 is 5.32 Å². The summed E-state index contributed by atoms with van der Waals surface area (Å²) in [5, 5.41) is 2.50. The average molecular weight is 311 g/mol. The monoisotopic (exact) mass is 311 g/mol. The Morgan fingerprint density at radius 2 is 1.71 bits per heavy atom. The van der Waals surface area contributed by atoms with Gasteiger partial charge in [-0.3, -0.25) is 4.79 Å². The van der Waals surface area contributed by atoms with Gasteiger partial charge in [0.25, 0.3) is 5.91 Å². The second kappa shape index (κ2) is 6.67. The van der Waals surface area contributed by atoms with E-state index in [-0.39, 0.29) is 18.5 Å². The zero-order valence-electron chi connectivity index (χ0n) is 10.9. The van der Waals surface area contributed by atoms with Crippen molar-refractivity contribution in [3.63, 3.8) is 0 Å². The van der Waals surface area contributed by atoms with Crippen LogP contribution in [-0.2, 0) is 6.42 Å². The van der Waals surface area contributed by atoms with Gasteiger partial charge in [0, 0.05) is 17.5 Å². The van der Waals surface area contributed by atoms with Crippen molar-refractivity contribution >= 4 is 18.5 Å². The molecule has 0 saturated carbocycles. The van der Waals surface area contributed by atoms with Crippen LogP contribution in [0.15, 0.2) is 41.3 Å². The summed E-state index contributed by atoms with van der Waals surface area (Å²) in [6.45, 7) is 0.137. The van der Waals surface area contributed by atoms with Crippen LogP contribution in [0.3, 0.4) is 0 Å². The maximum atomic E-state index is 13.5. The van der Waals surface area contributed by atoms with Gasteiger partial charge in [0.15, 0.2) is 0 Å². The van der Waals surface area contributed by atoms with Gasteiger partial charge in [-0.25, -0.2) is 13.2 Å². The van der Waals surface area contributed by atoms with Crippen LogP contribution >= 0.6 is 12.6 Å².